The summed E-state index contributed by atoms with van der Waals surface area (Å²) in [7, 11) is 2.64. The first-order valence-corrected chi connectivity index (χ1v) is 5.91. The molecule has 112 valence electrons. The Kier molecular flexibility index (Phi) is 6.17. The molecule has 1 aromatic rings. The van der Waals surface area contributed by atoms with Gasteiger partial charge in [0.2, 0.25) is 0 Å². The van der Waals surface area contributed by atoms with Gasteiger partial charge >= 0.3 is 12.6 Å². The predicted octanol–water partition coefficient (Wildman–Crippen LogP) is 1.95. The molecule has 0 saturated heterocycles. The topological polar surface area (TPSA) is 56.8 Å². The summed E-state index contributed by atoms with van der Waals surface area (Å²) >= 11 is 0. The van der Waals surface area contributed by atoms with Crippen molar-refractivity contribution in [2.45, 2.75) is 26.1 Å². The number of halogens is 2. The van der Waals surface area contributed by atoms with Gasteiger partial charge in [0.1, 0.15) is 6.04 Å². The minimum Gasteiger partial charge on any atom is -0.493 e. The lowest BCUT2D eigenvalue weighted by molar-refractivity contribution is -0.142. The van der Waals surface area contributed by atoms with E-state index in [2.05, 4.69) is 14.8 Å². The van der Waals surface area contributed by atoms with Gasteiger partial charge in [-0.15, -0.1) is 0 Å². The summed E-state index contributed by atoms with van der Waals surface area (Å²) < 4.78 is 38.9. The van der Waals surface area contributed by atoms with E-state index in [4.69, 9.17) is 4.74 Å². The van der Waals surface area contributed by atoms with Crippen molar-refractivity contribution in [1.29, 1.82) is 0 Å². The van der Waals surface area contributed by atoms with Crippen molar-refractivity contribution in [2.75, 3.05) is 14.2 Å². The van der Waals surface area contributed by atoms with Crippen molar-refractivity contribution in [3.63, 3.8) is 0 Å². The number of hydrogen-bond donors (Lipinski definition) is 1. The maximum Gasteiger partial charge on any atom is 0.387 e. The highest BCUT2D eigenvalue weighted by Crippen LogP contribution is 2.32. The molecule has 0 fully saturated rings. The summed E-state index contributed by atoms with van der Waals surface area (Å²) in [6.07, 6.45) is 0. The van der Waals surface area contributed by atoms with Crippen LogP contribution in [0.4, 0.5) is 8.78 Å². The van der Waals surface area contributed by atoms with Crippen molar-refractivity contribution in [1.82, 2.24) is 5.32 Å². The number of carbonyl (C=O) groups excluding carboxylic acids is 1. The van der Waals surface area contributed by atoms with Gasteiger partial charge in [-0.05, 0) is 13.0 Å². The molecular weight excluding hydrogens is 272 g/mol. The first-order valence-electron chi connectivity index (χ1n) is 5.91. The normalized spacial score (nSPS) is 12.1. The third-order valence-electron chi connectivity index (χ3n) is 2.64. The Bertz CT molecular complexity index is 454. The Labute approximate surface area is 115 Å². The molecule has 0 radical (unpaired) electrons. The zero-order chi connectivity index (χ0) is 15.1. The van der Waals surface area contributed by atoms with Crippen LogP contribution in [0.2, 0.25) is 0 Å². The Balaban J connectivity index is 2.85. The number of benzene rings is 1. The number of esters is 1. The van der Waals surface area contributed by atoms with E-state index < -0.39 is 18.6 Å². The van der Waals surface area contributed by atoms with Crippen LogP contribution in [-0.4, -0.2) is 32.8 Å². The van der Waals surface area contributed by atoms with E-state index in [1.807, 2.05) is 0 Å². The van der Waals surface area contributed by atoms with Crippen LogP contribution in [0.3, 0.4) is 0 Å². The van der Waals surface area contributed by atoms with E-state index in [1.54, 1.807) is 19.1 Å². The average Bonchev–Trinajstić information content (AvgIpc) is 2.44. The number of nitrogens with one attached hydrogen (secondary N) is 1. The van der Waals surface area contributed by atoms with Gasteiger partial charge in [0, 0.05) is 12.1 Å². The maximum absolute atomic E-state index is 12.4. The molecule has 0 amide bonds. The van der Waals surface area contributed by atoms with Crippen molar-refractivity contribution in [3.05, 3.63) is 23.8 Å². The average molecular weight is 289 g/mol. The van der Waals surface area contributed by atoms with Gasteiger partial charge in [0.25, 0.3) is 0 Å². The highest BCUT2D eigenvalue weighted by atomic mass is 19.3. The van der Waals surface area contributed by atoms with Gasteiger partial charge in [-0.25, -0.2) is 0 Å². The summed E-state index contributed by atoms with van der Waals surface area (Å²) in [6.45, 7) is -1.18. The Hall–Kier alpha value is -1.89. The first-order chi connectivity index (χ1) is 9.49. The zero-order valence-corrected chi connectivity index (χ0v) is 11.5. The van der Waals surface area contributed by atoms with Crippen molar-refractivity contribution >= 4 is 5.97 Å². The number of para-hydroxylation sites is 1. The molecule has 1 unspecified atom stereocenters. The van der Waals surface area contributed by atoms with Gasteiger partial charge in [-0.2, -0.15) is 8.78 Å². The Morgan fingerprint density at radius 3 is 2.60 bits per heavy atom. The van der Waals surface area contributed by atoms with Gasteiger partial charge in [-0.3, -0.25) is 4.79 Å². The molecule has 0 aliphatic carbocycles. The monoisotopic (exact) mass is 289 g/mol. The summed E-state index contributed by atoms with van der Waals surface area (Å²) in [4.78, 5) is 11.3. The summed E-state index contributed by atoms with van der Waals surface area (Å²) in [6, 6.07) is 4.21. The van der Waals surface area contributed by atoms with E-state index in [9.17, 15) is 13.6 Å². The fraction of sp³-hybridized carbons (Fsp3) is 0.462. The highest BCUT2D eigenvalue weighted by Gasteiger charge is 2.17. The van der Waals surface area contributed by atoms with E-state index in [0.29, 0.717) is 5.56 Å². The van der Waals surface area contributed by atoms with Crippen LogP contribution in [0.25, 0.3) is 0 Å². The molecule has 0 aliphatic heterocycles. The molecule has 1 rings (SSSR count). The zero-order valence-electron chi connectivity index (χ0n) is 11.5. The van der Waals surface area contributed by atoms with Crippen molar-refractivity contribution in [2.24, 2.45) is 0 Å². The molecule has 0 heterocycles. The van der Waals surface area contributed by atoms with Gasteiger partial charge in [0.15, 0.2) is 11.5 Å². The summed E-state index contributed by atoms with van der Waals surface area (Å²) in [5.41, 5.74) is 0.459. The largest absolute Gasteiger partial charge is 0.493 e. The standard InChI is InChI=1S/C13H17F2NO4/c1-8(12(17)19-3)16-7-9-5-4-6-10(18-2)11(9)20-13(14)15/h4-6,8,13,16H,7H2,1-3H3. The van der Waals surface area contributed by atoms with Crippen LogP contribution in [0, 0.1) is 0 Å². The number of carbonyl (C=O) groups is 1. The van der Waals surface area contributed by atoms with E-state index >= 15 is 0 Å². The second-order valence-electron chi connectivity index (χ2n) is 3.95. The fourth-order valence-corrected chi connectivity index (χ4v) is 1.61. The van der Waals surface area contributed by atoms with E-state index in [-0.39, 0.29) is 18.0 Å². The van der Waals surface area contributed by atoms with E-state index in [1.165, 1.54) is 20.3 Å². The maximum atomic E-state index is 12.4. The lowest BCUT2D eigenvalue weighted by Gasteiger charge is -2.16. The van der Waals surface area contributed by atoms with Gasteiger partial charge in [-0.1, -0.05) is 12.1 Å². The third-order valence-corrected chi connectivity index (χ3v) is 2.64. The number of ether oxygens (including phenoxy) is 3. The molecule has 0 saturated carbocycles. The molecule has 1 N–H and O–H groups in total. The minimum absolute atomic E-state index is 0.0467. The number of methoxy groups -OCH3 is 2. The van der Waals surface area contributed by atoms with Gasteiger partial charge in [0.05, 0.1) is 14.2 Å². The second kappa shape index (κ2) is 7.64. The predicted molar refractivity (Wildman–Crippen MR) is 67.9 cm³/mol. The molecule has 7 heteroatoms. The van der Waals surface area contributed by atoms with Crippen LogP contribution in [-0.2, 0) is 16.1 Å². The van der Waals surface area contributed by atoms with Crippen LogP contribution < -0.4 is 14.8 Å². The lowest BCUT2D eigenvalue weighted by atomic mass is 10.1. The molecule has 0 bridgehead atoms. The van der Waals surface area contributed by atoms with Crippen LogP contribution in [0.1, 0.15) is 12.5 Å². The van der Waals surface area contributed by atoms with Crippen LogP contribution >= 0.6 is 0 Å². The summed E-state index contributed by atoms with van der Waals surface area (Å²) in [5, 5.41) is 2.86. The van der Waals surface area contributed by atoms with Crippen LogP contribution in [0.15, 0.2) is 18.2 Å². The molecular formula is C13H17F2NO4. The third kappa shape index (κ3) is 4.34. The van der Waals surface area contributed by atoms with E-state index in [0.717, 1.165) is 0 Å². The number of alkyl halides is 2. The highest BCUT2D eigenvalue weighted by molar-refractivity contribution is 5.75. The Morgan fingerprint density at radius 2 is 2.05 bits per heavy atom. The number of hydrogen-bond acceptors (Lipinski definition) is 5. The quantitative estimate of drug-likeness (QED) is 0.777. The van der Waals surface area contributed by atoms with Crippen molar-refractivity contribution < 1.29 is 27.8 Å². The second-order valence-corrected chi connectivity index (χ2v) is 3.95. The van der Waals surface area contributed by atoms with Crippen molar-refractivity contribution in [3.8, 4) is 11.5 Å². The smallest absolute Gasteiger partial charge is 0.387 e. The fourth-order valence-electron chi connectivity index (χ4n) is 1.61. The van der Waals surface area contributed by atoms with Crippen LogP contribution in [0.5, 0.6) is 11.5 Å². The first kappa shape index (κ1) is 16.2. The Morgan fingerprint density at radius 1 is 1.35 bits per heavy atom. The molecule has 20 heavy (non-hydrogen) atoms. The SMILES string of the molecule is COC(=O)C(C)NCc1cccc(OC)c1OC(F)F. The van der Waals surface area contributed by atoms with Gasteiger partial charge < -0.3 is 19.5 Å². The molecule has 1 atom stereocenters. The molecule has 0 aliphatic rings. The summed E-state index contributed by atoms with van der Waals surface area (Å²) in [5.74, 6) is -0.283. The molecule has 5 nitrogen and oxygen atoms in total. The molecule has 0 spiro atoms. The minimum atomic E-state index is -2.96. The lowest BCUT2D eigenvalue weighted by Crippen LogP contribution is -2.34. The molecule has 0 aromatic heterocycles. The number of rotatable bonds is 7. The molecule has 1 aromatic carbocycles.